The molecule has 0 aromatic heterocycles. The number of aryl methyl sites for hydroxylation is 1. The first-order valence-electron chi connectivity index (χ1n) is 7.15. The van der Waals surface area contributed by atoms with Crippen LogP contribution in [0.5, 0.6) is 11.5 Å². The third-order valence-corrected chi connectivity index (χ3v) is 3.77. The molecule has 0 saturated carbocycles. The fourth-order valence-electron chi connectivity index (χ4n) is 2.36. The molecule has 1 atom stereocenters. The zero-order chi connectivity index (χ0) is 15.2. The predicted molar refractivity (Wildman–Crippen MR) is 86.0 cm³/mol. The predicted octanol–water partition coefficient (Wildman–Crippen LogP) is 3.86. The molecule has 0 spiro atoms. The molecule has 0 aliphatic rings. The standard InChI is InChI=1S/C18H23NO2/c1-13-7-5-6-8-15(13)12-19-14(2)17-10-9-16(20-3)11-18(17)21-4/h5-11,14,19H,12H2,1-4H3. The van der Waals surface area contributed by atoms with Gasteiger partial charge in [-0.25, -0.2) is 0 Å². The summed E-state index contributed by atoms with van der Waals surface area (Å²) in [5.74, 6) is 1.65. The molecule has 0 aliphatic carbocycles. The van der Waals surface area contributed by atoms with E-state index < -0.39 is 0 Å². The monoisotopic (exact) mass is 285 g/mol. The first-order valence-corrected chi connectivity index (χ1v) is 7.15. The minimum absolute atomic E-state index is 0.200. The molecule has 21 heavy (non-hydrogen) atoms. The third-order valence-electron chi connectivity index (χ3n) is 3.77. The van der Waals surface area contributed by atoms with Gasteiger partial charge in [0.1, 0.15) is 11.5 Å². The van der Waals surface area contributed by atoms with Crippen LogP contribution in [0, 0.1) is 6.92 Å². The fraction of sp³-hybridized carbons (Fsp3) is 0.333. The summed E-state index contributed by atoms with van der Waals surface area (Å²) in [6.45, 7) is 5.11. The Kier molecular flexibility index (Phi) is 5.23. The molecule has 112 valence electrons. The molecule has 3 heteroatoms. The van der Waals surface area contributed by atoms with Crippen molar-refractivity contribution >= 4 is 0 Å². The number of benzene rings is 2. The van der Waals surface area contributed by atoms with Crippen LogP contribution in [0.25, 0.3) is 0 Å². The van der Waals surface area contributed by atoms with E-state index in [0.29, 0.717) is 0 Å². The van der Waals surface area contributed by atoms with Crippen LogP contribution in [0.3, 0.4) is 0 Å². The van der Waals surface area contributed by atoms with E-state index >= 15 is 0 Å². The molecule has 0 heterocycles. The summed E-state index contributed by atoms with van der Waals surface area (Å²) in [5.41, 5.74) is 3.75. The lowest BCUT2D eigenvalue weighted by atomic mass is 10.1. The van der Waals surface area contributed by atoms with Crippen LogP contribution in [-0.4, -0.2) is 14.2 Å². The Balaban J connectivity index is 2.10. The third kappa shape index (κ3) is 3.76. The van der Waals surface area contributed by atoms with Crippen LogP contribution < -0.4 is 14.8 Å². The SMILES string of the molecule is COc1ccc(C(C)NCc2ccccc2C)c(OC)c1. The van der Waals surface area contributed by atoms with E-state index in [9.17, 15) is 0 Å². The van der Waals surface area contributed by atoms with Crippen molar-refractivity contribution in [1.82, 2.24) is 5.32 Å². The van der Waals surface area contributed by atoms with Gasteiger partial charge in [0.15, 0.2) is 0 Å². The number of nitrogens with one attached hydrogen (secondary N) is 1. The lowest BCUT2D eigenvalue weighted by Crippen LogP contribution is -2.19. The zero-order valence-corrected chi connectivity index (χ0v) is 13.1. The molecule has 2 aromatic carbocycles. The minimum atomic E-state index is 0.200. The van der Waals surface area contributed by atoms with Crippen LogP contribution in [0.4, 0.5) is 0 Å². The van der Waals surface area contributed by atoms with Gasteiger partial charge in [-0.3, -0.25) is 0 Å². The van der Waals surface area contributed by atoms with Crippen molar-refractivity contribution in [2.24, 2.45) is 0 Å². The summed E-state index contributed by atoms with van der Waals surface area (Å²) >= 11 is 0. The molecule has 1 N–H and O–H groups in total. The summed E-state index contributed by atoms with van der Waals surface area (Å²) in [6.07, 6.45) is 0. The molecular weight excluding hydrogens is 262 g/mol. The van der Waals surface area contributed by atoms with E-state index in [2.05, 4.69) is 43.4 Å². The highest BCUT2D eigenvalue weighted by atomic mass is 16.5. The molecule has 1 unspecified atom stereocenters. The molecule has 2 rings (SSSR count). The van der Waals surface area contributed by atoms with Crippen LogP contribution >= 0.6 is 0 Å². The zero-order valence-electron chi connectivity index (χ0n) is 13.1. The Labute approximate surface area is 126 Å². The van der Waals surface area contributed by atoms with E-state index in [0.717, 1.165) is 23.6 Å². The summed E-state index contributed by atoms with van der Waals surface area (Å²) in [6, 6.07) is 14.6. The second-order valence-electron chi connectivity index (χ2n) is 5.14. The highest BCUT2D eigenvalue weighted by molar-refractivity contribution is 5.42. The smallest absolute Gasteiger partial charge is 0.127 e. The van der Waals surface area contributed by atoms with Gasteiger partial charge in [0, 0.05) is 24.2 Å². The van der Waals surface area contributed by atoms with Gasteiger partial charge in [0.2, 0.25) is 0 Å². The number of hydrogen-bond acceptors (Lipinski definition) is 3. The summed E-state index contributed by atoms with van der Waals surface area (Å²) in [7, 11) is 3.35. The van der Waals surface area contributed by atoms with Gasteiger partial charge in [0.05, 0.1) is 14.2 Å². The van der Waals surface area contributed by atoms with Crippen LogP contribution in [0.2, 0.25) is 0 Å². The lowest BCUT2D eigenvalue weighted by Gasteiger charge is -2.18. The van der Waals surface area contributed by atoms with Gasteiger partial charge in [-0.2, -0.15) is 0 Å². The number of hydrogen-bond donors (Lipinski definition) is 1. The second-order valence-corrected chi connectivity index (χ2v) is 5.14. The van der Waals surface area contributed by atoms with Crippen molar-refractivity contribution < 1.29 is 9.47 Å². The van der Waals surface area contributed by atoms with Crippen LogP contribution in [-0.2, 0) is 6.54 Å². The largest absolute Gasteiger partial charge is 0.497 e. The van der Waals surface area contributed by atoms with Crippen molar-refractivity contribution in [3.05, 3.63) is 59.2 Å². The Bertz CT molecular complexity index is 596. The van der Waals surface area contributed by atoms with Gasteiger partial charge in [0.25, 0.3) is 0 Å². The minimum Gasteiger partial charge on any atom is -0.497 e. The van der Waals surface area contributed by atoms with E-state index in [1.54, 1.807) is 14.2 Å². The Morgan fingerprint density at radius 1 is 1.05 bits per heavy atom. The average molecular weight is 285 g/mol. The van der Waals surface area contributed by atoms with E-state index in [-0.39, 0.29) is 6.04 Å². The molecule has 0 aliphatic heterocycles. The van der Waals surface area contributed by atoms with Crippen molar-refractivity contribution in [3.63, 3.8) is 0 Å². The van der Waals surface area contributed by atoms with Gasteiger partial charge in [-0.15, -0.1) is 0 Å². The first-order chi connectivity index (χ1) is 10.2. The number of ether oxygens (including phenoxy) is 2. The highest BCUT2D eigenvalue weighted by Crippen LogP contribution is 2.29. The van der Waals surface area contributed by atoms with Crippen molar-refractivity contribution in [2.45, 2.75) is 26.4 Å². The Hall–Kier alpha value is -2.00. The fourth-order valence-corrected chi connectivity index (χ4v) is 2.36. The van der Waals surface area contributed by atoms with Crippen molar-refractivity contribution in [2.75, 3.05) is 14.2 Å². The molecule has 3 nitrogen and oxygen atoms in total. The van der Waals surface area contributed by atoms with Crippen molar-refractivity contribution in [3.8, 4) is 11.5 Å². The normalized spacial score (nSPS) is 12.0. The molecule has 2 aromatic rings. The molecule has 0 amide bonds. The van der Waals surface area contributed by atoms with Crippen molar-refractivity contribution in [1.29, 1.82) is 0 Å². The molecule has 0 radical (unpaired) electrons. The maximum Gasteiger partial charge on any atom is 0.127 e. The summed E-state index contributed by atoms with van der Waals surface area (Å²) in [5, 5.41) is 3.55. The van der Waals surface area contributed by atoms with Crippen LogP contribution in [0.1, 0.15) is 29.7 Å². The number of rotatable bonds is 6. The summed E-state index contributed by atoms with van der Waals surface area (Å²) in [4.78, 5) is 0. The van der Waals surface area contributed by atoms with E-state index in [1.807, 2.05) is 18.2 Å². The Morgan fingerprint density at radius 3 is 2.48 bits per heavy atom. The quantitative estimate of drug-likeness (QED) is 0.874. The van der Waals surface area contributed by atoms with E-state index in [4.69, 9.17) is 9.47 Å². The average Bonchev–Trinajstić information content (AvgIpc) is 2.53. The van der Waals surface area contributed by atoms with Gasteiger partial charge >= 0.3 is 0 Å². The topological polar surface area (TPSA) is 30.5 Å². The number of methoxy groups -OCH3 is 2. The lowest BCUT2D eigenvalue weighted by molar-refractivity contribution is 0.385. The maximum absolute atomic E-state index is 5.46. The maximum atomic E-state index is 5.46. The van der Waals surface area contributed by atoms with Gasteiger partial charge in [-0.1, -0.05) is 30.3 Å². The molecular formula is C18H23NO2. The van der Waals surface area contributed by atoms with E-state index in [1.165, 1.54) is 11.1 Å². The van der Waals surface area contributed by atoms with Crippen LogP contribution in [0.15, 0.2) is 42.5 Å². The molecule has 0 bridgehead atoms. The molecule has 0 saturated heterocycles. The second kappa shape index (κ2) is 7.14. The summed E-state index contributed by atoms with van der Waals surface area (Å²) < 4.78 is 10.7. The van der Waals surface area contributed by atoms with Gasteiger partial charge in [-0.05, 0) is 31.0 Å². The van der Waals surface area contributed by atoms with Gasteiger partial charge < -0.3 is 14.8 Å². The Morgan fingerprint density at radius 2 is 1.81 bits per heavy atom. The highest BCUT2D eigenvalue weighted by Gasteiger charge is 2.12. The first kappa shape index (κ1) is 15.4. The molecule has 0 fully saturated rings.